The van der Waals surface area contributed by atoms with E-state index in [9.17, 15) is 9.90 Å². The summed E-state index contributed by atoms with van der Waals surface area (Å²) in [6.07, 6.45) is -1.01. The number of ether oxygens (including phenoxy) is 3. The van der Waals surface area contributed by atoms with Crippen molar-refractivity contribution in [2.45, 2.75) is 25.9 Å². The molecule has 1 aliphatic heterocycles. The lowest BCUT2D eigenvalue weighted by Gasteiger charge is -2.33. The highest BCUT2D eigenvalue weighted by Gasteiger charge is 2.48. The van der Waals surface area contributed by atoms with E-state index in [4.69, 9.17) is 14.2 Å². The number of nitrogens with zero attached hydrogens (tertiary/aromatic N) is 1. The summed E-state index contributed by atoms with van der Waals surface area (Å²) in [5.74, 6) is 1.78. The molecule has 1 aliphatic rings. The Balaban J connectivity index is 1.62. The maximum absolute atomic E-state index is 12.2. The molecule has 1 saturated heterocycles. The van der Waals surface area contributed by atoms with Gasteiger partial charge in [0.2, 0.25) is 0 Å². The van der Waals surface area contributed by atoms with E-state index >= 15 is 0 Å². The van der Waals surface area contributed by atoms with Crippen molar-refractivity contribution in [3.05, 3.63) is 78.4 Å². The van der Waals surface area contributed by atoms with E-state index < -0.39 is 17.6 Å². The number of rotatable bonds is 6. The highest BCUT2D eigenvalue weighted by atomic mass is 16.5. The van der Waals surface area contributed by atoms with Crippen molar-refractivity contribution in [1.82, 2.24) is 4.90 Å². The molecule has 3 unspecified atom stereocenters. The van der Waals surface area contributed by atoms with Crippen molar-refractivity contribution >= 4 is 6.09 Å². The van der Waals surface area contributed by atoms with Crippen LogP contribution in [0.3, 0.4) is 0 Å². The summed E-state index contributed by atoms with van der Waals surface area (Å²) in [4.78, 5) is 13.9. The molecule has 0 aromatic heterocycles. The van der Waals surface area contributed by atoms with Gasteiger partial charge in [-0.05, 0) is 47.9 Å². The Labute approximate surface area is 200 Å². The van der Waals surface area contributed by atoms with Gasteiger partial charge in [-0.2, -0.15) is 0 Å². The number of benzene rings is 3. The van der Waals surface area contributed by atoms with Gasteiger partial charge in [-0.1, -0.05) is 55.5 Å². The quantitative estimate of drug-likeness (QED) is 0.509. The van der Waals surface area contributed by atoms with Gasteiger partial charge in [0.05, 0.1) is 20.3 Å². The van der Waals surface area contributed by atoms with Crippen LogP contribution in [0.1, 0.15) is 25.3 Å². The topological polar surface area (TPSA) is 68.2 Å². The minimum atomic E-state index is -0.621. The predicted octanol–water partition coefficient (Wildman–Crippen LogP) is 5.71. The van der Waals surface area contributed by atoms with E-state index in [2.05, 4.69) is 12.1 Å². The molecule has 3 aromatic rings. The number of likely N-dealkylation sites (tertiary alicyclic amines) is 1. The molecule has 0 aliphatic carbocycles. The zero-order valence-electron chi connectivity index (χ0n) is 20.0. The van der Waals surface area contributed by atoms with E-state index in [1.165, 1.54) is 7.11 Å². The molecule has 0 saturated carbocycles. The van der Waals surface area contributed by atoms with Crippen LogP contribution in [0.25, 0.3) is 11.1 Å². The fourth-order valence-corrected chi connectivity index (χ4v) is 4.66. The summed E-state index contributed by atoms with van der Waals surface area (Å²) in [5.41, 5.74) is 2.68. The normalized spacial score (nSPS) is 20.6. The average molecular weight is 462 g/mol. The Hall–Kier alpha value is -3.51. The van der Waals surface area contributed by atoms with Crippen molar-refractivity contribution in [3.8, 4) is 28.4 Å². The number of hydrogen-bond acceptors (Lipinski definition) is 5. The Morgan fingerprint density at radius 2 is 1.68 bits per heavy atom. The number of aliphatic hydroxyl groups is 1. The van der Waals surface area contributed by atoms with Gasteiger partial charge in [-0.15, -0.1) is 0 Å². The summed E-state index contributed by atoms with van der Waals surface area (Å²) in [5, 5.41) is 10.6. The standard InChI is InChI=1S/C28H31NO5/c1-19(30)28(2)18-29(27(31)33-4)17-24(28)22-12-15-25(32-3)26(16-22)34-23-13-10-21(11-14-23)20-8-6-5-7-9-20/h5-16,19,24,30H,17-18H2,1-4H3. The van der Waals surface area contributed by atoms with Crippen molar-refractivity contribution in [2.75, 3.05) is 27.3 Å². The molecule has 6 nitrogen and oxygen atoms in total. The van der Waals surface area contributed by atoms with E-state index in [0.717, 1.165) is 16.7 Å². The van der Waals surface area contributed by atoms with Gasteiger partial charge in [-0.25, -0.2) is 4.79 Å². The first-order valence-corrected chi connectivity index (χ1v) is 11.4. The monoisotopic (exact) mass is 461 g/mol. The summed E-state index contributed by atoms with van der Waals surface area (Å²) in [6, 6.07) is 23.9. The van der Waals surface area contributed by atoms with Gasteiger partial charge < -0.3 is 24.2 Å². The minimum Gasteiger partial charge on any atom is -0.493 e. The lowest BCUT2D eigenvalue weighted by Crippen LogP contribution is -2.38. The fourth-order valence-electron chi connectivity index (χ4n) is 4.66. The summed E-state index contributed by atoms with van der Waals surface area (Å²) in [7, 11) is 2.98. The molecule has 0 radical (unpaired) electrons. The van der Waals surface area contributed by atoms with Gasteiger partial charge in [0.25, 0.3) is 0 Å². The molecule has 0 spiro atoms. The van der Waals surface area contributed by atoms with Crippen LogP contribution in [0.2, 0.25) is 0 Å². The van der Waals surface area contributed by atoms with Crippen LogP contribution in [0.5, 0.6) is 17.2 Å². The number of hydrogen-bond donors (Lipinski definition) is 1. The number of aliphatic hydroxyl groups excluding tert-OH is 1. The minimum absolute atomic E-state index is 0.0969. The Morgan fingerprint density at radius 3 is 2.29 bits per heavy atom. The second-order valence-corrected chi connectivity index (χ2v) is 8.99. The van der Waals surface area contributed by atoms with Gasteiger partial charge in [0.1, 0.15) is 5.75 Å². The molecule has 1 amide bonds. The lowest BCUT2D eigenvalue weighted by atomic mass is 9.72. The maximum Gasteiger partial charge on any atom is 0.409 e. The van der Waals surface area contributed by atoms with Gasteiger partial charge in [-0.3, -0.25) is 0 Å². The second kappa shape index (κ2) is 9.77. The van der Waals surface area contributed by atoms with Crippen LogP contribution in [0, 0.1) is 5.41 Å². The molecule has 6 heteroatoms. The van der Waals surface area contributed by atoms with Crippen LogP contribution in [0.15, 0.2) is 72.8 Å². The van der Waals surface area contributed by atoms with Crippen LogP contribution in [0.4, 0.5) is 4.79 Å². The van der Waals surface area contributed by atoms with E-state index in [1.54, 1.807) is 18.9 Å². The third-order valence-corrected chi connectivity index (χ3v) is 6.90. The summed E-state index contributed by atoms with van der Waals surface area (Å²) in [6.45, 7) is 4.62. The van der Waals surface area contributed by atoms with Crippen molar-refractivity contribution in [2.24, 2.45) is 5.41 Å². The number of amides is 1. The predicted molar refractivity (Wildman–Crippen MR) is 131 cm³/mol. The number of methoxy groups -OCH3 is 2. The molecular weight excluding hydrogens is 430 g/mol. The van der Waals surface area contributed by atoms with Crippen molar-refractivity contribution < 1.29 is 24.1 Å². The summed E-state index contributed by atoms with van der Waals surface area (Å²) >= 11 is 0. The van der Waals surface area contributed by atoms with Crippen LogP contribution in [-0.2, 0) is 4.74 Å². The lowest BCUT2D eigenvalue weighted by molar-refractivity contribution is 0.0470. The Bertz CT molecular complexity index is 1130. The van der Waals surface area contributed by atoms with E-state index in [1.807, 2.05) is 67.6 Å². The smallest absolute Gasteiger partial charge is 0.409 e. The Morgan fingerprint density at radius 1 is 1.00 bits per heavy atom. The van der Waals surface area contributed by atoms with Crippen molar-refractivity contribution in [1.29, 1.82) is 0 Å². The average Bonchev–Trinajstić information content (AvgIpc) is 3.23. The number of carbonyl (C=O) groups excluding carboxylic acids is 1. The molecule has 1 fully saturated rings. The molecule has 34 heavy (non-hydrogen) atoms. The molecule has 0 bridgehead atoms. The molecular formula is C28H31NO5. The highest BCUT2D eigenvalue weighted by Crippen LogP contribution is 2.47. The molecule has 178 valence electrons. The van der Waals surface area contributed by atoms with Crippen molar-refractivity contribution in [3.63, 3.8) is 0 Å². The summed E-state index contributed by atoms with van der Waals surface area (Å²) < 4.78 is 16.7. The largest absolute Gasteiger partial charge is 0.493 e. The maximum atomic E-state index is 12.2. The van der Waals surface area contributed by atoms with Crippen LogP contribution < -0.4 is 9.47 Å². The molecule has 4 rings (SSSR count). The van der Waals surface area contributed by atoms with Crippen LogP contribution >= 0.6 is 0 Å². The Kier molecular flexibility index (Phi) is 6.80. The molecule has 1 heterocycles. The molecule has 3 aromatic carbocycles. The highest BCUT2D eigenvalue weighted by molar-refractivity contribution is 5.68. The SMILES string of the molecule is COC(=O)N1CC(c2ccc(OC)c(Oc3ccc(-c4ccccc4)cc3)c2)C(C)(C(C)O)C1. The fraction of sp³-hybridized carbons (Fsp3) is 0.321. The third-order valence-electron chi connectivity index (χ3n) is 6.90. The zero-order valence-corrected chi connectivity index (χ0v) is 20.0. The van der Waals surface area contributed by atoms with Gasteiger partial charge in [0.15, 0.2) is 11.5 Å². The van der Waals surface area contributed by atoms with E-state index in [0.29, 0.717) is 30.3 Å². The zero-order chi connectivity index (χ0) is 24.3. The second-order valence-electron chi connectivity index (χ2n) is 8.99. The van der Waals surface area contributed by atoms with E-state index in [-0.39, 0.29) is 5.92 Å². The van der Waals surface area contributed by atoms with Crippen LogP contribution in [-0.4, -0.2) is 49.5 Å². The molecule has 1 N–H and O–H groups in total. The number of carbonyl (C=O) groups is 1. The van der Waals surface area contributed by atoms with Gasteiger partial charge >= 0.3 is 6.09 Å². The first-order valence-electron chi connectivity index (χ1n) is 11.4. The molecule has 3 atom stereocenters. The third kappa shape index (κ3) is 4.59. The van der Waals surface area contributed by atoms with Gasteiger partial charge in [0, 0.05) is 24.4 Å². The first-order chi connectivity index (χ1) is 16.4. The first kappa shape index (κ1) is 23.6.